The van der Waals surface area contributed by atoms with E-state index in [9.17, 15) is 14.7 Å². The van der Waals surface area contributed by atoms with Crippen LogP contribution in [0.25, 0.3) is 16.7 Å². The molecule has 3 heterocycles. The van der Waals surface area contributed by atoms with E-state index in [0.29, 0.717) is 29.2 Å². The summed E-state index contributed by atoms with van der Waals surface area (Å²) >= 11 is 0. The van der Waals surface area contributed by atoms with E-state index in [2.05, 4.69) is 49.1 Å². The molecule has 1 atom stereocenters. The molecule has 0 aliphatic carbocycles. The van der Waals surface area contributed by atoms with E-state index in [4.69, 9.17) is 0 Å². The number of hydrogen-bond donors (Lipinski definition) is 3. The number of nitrogens with zero attached hydrogens (tertiary/aromatic N) is 5. The Morgan fingerprint density at radius 1 is 1.08 bits per heavy atom. The number of rotatable bonds is 8. The van der Waals surface area contributed by atoms with Gasteiger partial charge in [-0.1, -0.05) is 12.6 Å². The van der Waals surface area contributed by atoms with Crippen molar-refractivity contribution in [1.29, 1.82) is 0 Å². The number of hydrogen-bond acceptors (Lipinski definition) is 8. The summed E-state index contributed by atoms with van der Waals surface area (Å²) in [6.07, 6.45) is 4.07. The highest BCUT2D eigenvalue weighted by Crippen LogP contribution is 2.23. The van der Waals surface area contributed by atoms with E-state index in [1.165, 1.54) is 18.3 Å². The maximum Gasteiger partial charge on any atom is 0.247 e. The first-order chi connectivity index (χ1) is 18.9. The molecular formula is C29H31N7O3. The third-order valence-corrected chi connectivity index (χ3v) is 6.60. The Hall–Kier alpha value is -4.54. The van der Waals surface area contributed by atoms with Crippen molar-refractivity contribution in [3.05, 3.63) is 89.9 Å². The van der Waals surface area contributed by atoms with Crippen LogP contribution in [0.4, 0.5) is 23.0 Å². The van der Waals surface area contributed by atoms with E-state index >= 15 is 0 Å². The van der Waals surface area contributed by atoms with Crippen molar-refractivity contribution in [2.24, 2.45) is 0 Å². The van der Waals surface area contributed by atoms with Crippen LogP contribution in [0.3, 0.4) is 0 Å². The summed E-state index contributed by atoms with van der Waals surface area (Å²) in [6.45, 7) is 9.65. The molecule has 4 aromatic rings. The quantitative estimate of drug-likeness (QED) is 0.301. The van der Waals surface area contributed by atoms with Crippen LogP contribution < -0.4 is 21.0 Å². The first kappa shape index (κ1) is 26.1. The minimum Gasteiger partial charge on any atom is -0.392 e. The van der Waals surface area contributed by atoms with Gasteiger partial charge in [0.15, 0.2) is 11.1 Å². The van der Waals surface area contributed by atoms with Gasteiger partial charge in [-0.05, 0) is 55.5 Å². The van der Waals surface area contributed by atoms with Gasteiger partial charge < -0.3 is 25.2 Å². The Balaban J connectivity index is 1.35. The van der Waals surface area contributed by atoms with Gasteiger partial charge in [0.1, 0.15) is 0 Å². The second kappa shape index (κ2) is 11.5. The predicted octanol–water partition coefficient (Wildman–Crippen LogP) is 3.15. The van der Waals surface area contributed by atoms with Gasteiger partial charge in [0.05, 0.1) is 11.5 Å². The highest BCUT2D eigenvalue weighted by atomic mass is 16.3. The van der Waals surface area contributed by atoms with Gasteiger partial charge in [0.2, 0.25) is 11.9 Å². The number of pyridine rings is 1. The lowest BCUT2D eigenvalue weighted by Crippen LogP contribution is -2.48. The van der Waals surface area contributed by atoms with Crippen LogP contribution in [0.5, 0.6) is 0 Å². The van der Waals surface area contributed by atoms with Crippen molar-refractivity contribution in [2.45, 2.75) is 13.0 Å². The normalized spacial score (nSPS) is 14.7. The number of benzene rings is 2. The van der Waals surface area contributed by atoms with Crippen molar-refractivity contribution in [1.82, 2.24) is 19.4 Å². The van der Waals surface area contributed by atoms with Gasteiger partial charge in [0.25, 0.3) is 0 Å². The molecule has 1 amide bonds. The van der Waals surface area contributed by atoms with Gasteiger partial charge in [-0.3, -0.25) is 14.5 Å². The van der Waals surface area contributed by atoms with E-state index in [-0.39, 0.29) is 17.4 Å². The number of aliphatic hydroxyl groups excluding tert-OH is 1. The number of carbonyl (C=O) groups is 1. The lowest BCUT2D eigenvalue weighted by Gasteiger charge is -2.36. The van der Waals surface area contributed by atoms with Crippen molar-refractivity contribution < 1.29 is 9.90 Å². The van der Waals surface area contributed by atoms with Gasteiger partial charge in [-0.15, -0.1) is 0 Å². The minimum atomic E-state index is -0.316. The highest BCUT2D eigenvalue weighted by molar-refractivity contribution is 5.99. The smallest absolute Gasteiger partial charge is 0.247 e. The number of aromatic nitrogens is 3. The van der Waals surface area contributed by atoms with E-state index in [1.54, 1.807) is 22.9 Å². The number of carbonyl (C=O) groups excluding carboxylic acids is 1. The zero-order chi connectivity index (χ0) is 27.4. The van der Waals surface area contributed by atoms with Crippen molar-refractivity contribution in [2.75, 3.05) is 48.3 Å². The molecule has 0 spiro atoms. The van der Waals surface area contributed by atoms with Gasteiger partial charge >= 0.3 is 0 Å². The van der Waals surface area contributed by atoms with Gasteiger partial charge in [0, 0.05) is 73.9 Å². The number of β-amino-alcohol motifs (C(OH)–C–C–N with tert-alkyl or cyclic N) is 1. The number of amides is 1. The molecule has 200 valence electrons. The molecule has 39 heavy (non-hydrogen) atoms. The second-order valence-electron chi connectivity index (χ2n) is 9.53. The molecule has 1 aliphatic rings. The Kier molecular flexibility index (Phi) is 7.67. The summed E-state index contributed by atoms with van der Waals surface area (Å²) in [5, 5.41) is 16.0. The number of fused-ring (bicyclic) bond motifs is 1. The van der Waals surface area contributed by atoms with Crippen LogP contribution in [0, 0.1) is 0 Å². The number of nitrogens with one attached hydrogen (secondary N) is 2. The van der Waals surface area contributed by atoms with Gasteiger partial charge in [-0.2, -0.15) is 4.98 Å². The molecule has 3 N–H and O–H groups in total. The topological polar surface area (TPSA) is 116 Å². The minimum absolute atomic E-state index is 0.179. The standard InChI is InChI=1S/C29H31N7O3/c1-3-27(39)31-22-5-4-6-24(17-22)36-12-11-26(38)25-18-30-29(33-28(25)36)32-21-7-9-23(10-8-21)35-15-13-34(14-16-35)19-20(2)37/h3-12,17-18,20,37H,1,13-16,19H2,2H3,(H,31,39)(H,30,32,33)/t20-/m0/s1. The van der Waals surface area contributed by atoms with Crippen molar-refractivity contribution in [3.63, 3.8) is 0 Å². The molecule has 2 aromatic carbocycles. The third kappa shape index (κ3) is 6.14. The average molecular weight is 526 g/mol. The van der Waals surface area contributed by atoms with Crippen molar-refractivity contribution >= 4 is 40.0 Å². The zero-order valence-corrected chi connectivity index (χ0v) is 21.7. The van der Waals surface area contributed by atoms with Crippen molar-refractivity contribution in [3.8, 4) is 5.69 Å². The third-order valence-electron chi connectivity index (χ3n) is 6.60. The van der Waals surface area contributed by atoms with E-state index < -0.39 is 0 Å². The summed E-state index contributed by atoms with van der Waals surface area (Å²) in [5.74, 6) is 0.0489. The van der Waals surface area contributed by atoms with E-state index in [0.717, 1.165) is 43.2 Å². The lowest BCUT2D eigenvalue weighted by molar-refractivity contribution is -0.111. The molecule has 10 heteroatoms. The maximum atomic E-state index is 12.5. The first-order valence-electron chi connectivity index (χ1n) is 12.8. The summed E-state index contributed by atoms with van der Waals surface area (Å²) in [6, 6.07) is 16.8. The molecule has 0 saturated carbocycles. The SMILES string of the molecule is C=CC(=O)Nc1cccc(-n2ccc(=O)c3cnc(Nc4ccc(N5CCN(C[C@H](C)O)CC5)cc4)nc32)c1. The fourth-order valence-corrected chi connectivity index (χ4v) is 4.68. The van der Waals surface area contributed by atoms with Crippen LogP contribution in [-0.2, 0) is 4.79 Å². The zero-order valence-electron chi connectivity index (χ0n) is 21.7. The monoisotopic (exact) mass is 525 g/mol. The lowest BCUT2D eigenvalue weighted by atomic mass is 10.2. The molecule has 0 radical (unpaired) electrons. The van der Waals surface area contributed by atoms with Crippen LogP contribution in [-0.4, -0.2) is 69.3 Å². The molecule has 2 aromatic heterocycles. The molecular weight excluding hydrogens is 494 g/mol. The molecule has 1 aliphatic heterocycles. The molecule has 0 unspecified atom stereocenters. The van der Waals surface area contributed by atoms with Crippen LogP contribution >= 0.6 is 0 Å². The summed E-state index contributed by atoms with van der Waals surface area (Å²) in [7, 11) is 0. The Bertz CT molecular complexity index is 1540. The summed E-state index contributed by atoms with van der Waals surface area (Å²) in [4.78, 5) is 37.9. The molecule has 1 fully saturated rings. The van der Waals surface area contributed by atoms with Crippen LogP contribution in [0.15, 0.2) is 84.4 Å². The fraction of sp³-hybridized carbons (Fsp3) is 0.241. The predicted molar refractivity (Wildman–Crippen MR) is 154 cm³/mol. The van der Waals surface area contributed by atoms with Crippen LogP contribution in [0.1, 0.15) is 6.92 Å². The molecule has 1 saturated heterocycles. The average Bonchev–Trinajstić information content (AvgIpc) is 2.94. The van der Waals surface area contributed by atoms with Gasteiger partial charge in [-0.25, -0.2) is 4.98 Å². The fourth-order valence-electron chi connectivity index (χ4n) is 4.68. The second-order valence-corrected chi connectivity index (χ2v) is 9.53. The van der Waals surface area contributed by atoms with Crippen LogP contribution in [0.2, 0.25) is 0 Å². The Morgan fingerprint density at radius 2 is 1.85 bits per heavy atom. The number of piperazine rings is 1. The number of anilines is 4. The maximum absolute atomic E-state index is 12.5. The Labute approximate surface area is 226 Å². The summed E-state index contributed by atoms with van der Waals surface area (Å²) in [5.41, 5.74) is 3.55. The highest BCUT2D eigenvalue weighted by Gasteiger charge is 2.18. The van der Waals surface area contributed by atoms with E-state index in [1.807, 2.05) is 31.2 Å². The first-order valence-corrected chi connectivity index (χ1v) is 12.8. The molecule has 0 bridgehead atoms. The molecule has 5 rings (SSSR count). The number of aliphatic hydroxyl groups is 1. The summed E-state index contributed by atoms with van der Waals surface area (Å²) < 4.78 is 1.79. The largest absolute Gasteiger partial charge is 0.392 e. The molecule has 10 nitrogen and oxygen atoms in total. The Morgan fingerprint density at radius 3 is 2.56 bits per heavy atom.